The Morgan fingerprint density at radius 1 is 1.22 bits per heavy atom. The summed E-state index contributed by atoms with van der Waals surface area (Å²) >= 11 is 0. The molecule has 1 saturated carbocycles. The van der Waals surface area contributed by atoms with Crippen LogP contribution in [0.5, 0.6) is 0 Å². The van der Waals surface area contributed by atoms with E-state index in [1.54, 1.807) is 0 Å². The molecular formula is C16H20N2. The largest absolute Gasteiger partial charge is 0.384 e. The number of fused-ring (bicyclic) bond motifs is 1. The number of nitrogens with zero attached hydrogens (tertiary/aromatic N) is 1. The SMILES string of the molecule is Cc1cc(NCC2CCCC2)c2ccccc2n1. The van der Waals surface area contributed by atoms with E-state index in [1.807, 2.05) is 0 Å². The molecule has 2 nitrogen and oxygen atoms in total. The molecule has 94 valence electrons. The number of para-hydroxylation sites is 1. The molecule has 1 aliphatic carbocycles. The van der Waals surface area contributed by atoms with Gasteiger partial charge in [-0.3, -0.25) is 4.98 Å². The molecule has 0 aliphatic heterocycles. The van der Waals surface area contributed by atoms with Crippen molar-refractivity contribution in [1.29, 1.82) is 0 Å². The molecule has 18 heavy (non-hydrogen) atoms. The maximum absolute atomic E-state index is 4.58. The van der Waals surface area contributed by atoms with E-state index < -0.39 is 0 Å². The van der Waals surface area contributed by atoms with E-state index in [9.17, 15) is 0 Å². The van der Waals surface area contributed by atoms with Gasteiger partial charge in [-0.1, -0.05) is 31.0 Å². The maximum Gasteiger partial charge on any atom is 0.0725 e. The van der Waals surface area contributed by atoms with Crippen LogP contribution in [0.3, 0.4) is 0 Å². The normalized spacial score (nSPS) is 16.3. The fourth-order valence-electron chi connectivity index (χ4n) is 2.92. The lowest BCUT2D eigenvalue weighted by atomic mass is 10.1. The van der Waals surface area contributed by atoms with Gasteiger partial charge in [-0.25, -0.2) is 0 Å². The molecule has 1 fully saturated rings. The van der Waals surface area contributed by atoms with Crippen molar-refractivity contribution in [2.75, 3.05) is 11.9 Å². The highest BCUT2D eigenvalue weighted by molar-refractivity contribution is 5.91. The van der Waals surface area contributed by atoms with Crippen molar-refractivity contribution in [3.05, 3.63) is 36.0 Å². The molecule has 1 aliphatic rings. The Balaban J connectivity index is 1.85. The van der Waals surface area contributed by atoms with Crippen LogP contribution in [-0.4, -0.2) is 11.5 Å². The van der Waals surface area contributed by atoms with Gasteiger partial charge in [0, 0.05) is 23.3 Å². The summed E-state index contributed by atoms with van der Waals surface area (Å²) in [6.07, 6.45) is 5.58. The van der Waals surface area contributed by atoms with Gasteiger partial charge in [0.2, 0.25) is 0 Å². The first-order chi connectivity index (χ1) is 8.83. The minimum absolute atomic E-state index is 0.859. The molecule has 2 heteroatoms. The predicted molar refractivity (Wildman–Crippen MR) is 76.9 cm³/mol. The minimum Gasteiger partial charge on any atom is -0.384 e. The van der Waals surface area contributed by atoms with Gasteiger partial charge in [-0.15, -0.1) is 0 Å². The van der Waals surface area contributed by atoms with Crippen molar-refractivity contribution < 1.29 is 0 Å². The Hall–Kier alpha value is -1.57. The summed E-state index contributed by atoms with van der Waals surface area (Å²) in [4.78, 5) is 4.58. The van der Waals surface area contributed by atoms with Crippen molar-refractivity contribution in [3.8, 4) is 0 Å². The number of rotatable bonds is 3. The molecule has 0 amide bonds. The molecule has 0 saturated heterocycles. The highest BCUT2D eigenvalue weighted by atomic mass is 14.9. The van der Waals surface area contributed by atoms with Crippen LogP contribution in [0.1, 0.15) is 31.4 Å². The third kappa shape index (κ3) is 2.33. The maximum atomic E-state index is 4.58. The van der Waals surface area contributed by atoms with Gasteiger partial charge in [-0.2, -0.15) is 0 Å². The third-order valence-corrected chi connectivity index (χ3v) is 3.90. The fraction of sp³-hybridized carbons (Fsp3) is 0.438. The van der Waals surface area contributed by atoms with Gasteiger partial charge < -0.3 is 5.32 Å². The lowest BCUT2D eigenvalue weighted by Crippen LogP contribution is -2.11. The van der Waals surface area contributed by atoms with E-state index in [1.165, 1.54) is 36.8 Å². The first-order valence-corrected chi connectivity index (χ1v) is 6.93. The zero-order valence-electron chi connectivity index (χ0n) is 10.9. The first-order valence-electron chi connectivity index (χ1n) is 6.93. The van der Waals surface area contributed by atoms with Crippen LogP contribution in [0.25, 0.3) is 10.9 Å². The highest BCUT2D eigenvalue weighted by Gasteiger charge is 2.14. The van der Waals surface area contributed by atoms with E-state index in [0.29, 0.717) is 0 Å². The number of benzene rings is 1. The van der Waals surface area contributed by atoms with E-state index in [0.717, 1.165) is 23.7 Å². The molecule has 1 aromatic heterocycles. The van der Waals surface area contributed by atoms with E-state index >= 15 is 0 Å². The monoisotopic (exact) mass is 240 g/mol. The lowest BCUT2D eigenvalue weighted by Gasteiger charge is -2.14. The Labute approximate surface area is 108 Å². The smallest absolute Gasteiger partial charge is 0.0725 e. The molecular weight excluding hydrogens is 220 g/mol. The van der Waals surface area contributed by atoms with Crippen molar-refractivity contribution in [2.24, 2.45) is 5.92 Å². The second-order valence-electron chi connectivity index (χ2n) is 5.36. The molecule has 1 N–H and O–H groups in total. The molecule has 1 aromatic carbocycles. The van der Waals surface area contributed by atoms with Gasteiger partial charge in [0.25, 0.3) is 0 Å². The average Bonchev–Trinajstić information content (AvgIpc) is 2.89. The summed E-state index contributed by atoms with van der Waals surface area (Å²) in [6, 6.07) is 10.5. The summed E-state index contributed by atoms with van der Waals surface area (Å²) in [5, 5.41) is 4.87. The van der Waals surface area contributed by atoms with Crippen molar-refractivity contribution >= 4 is 16.6 Å². The Bertz CT molecular complexity index is 542. The molecule has 0 spiro atoms. The Kier molecular flexibility index (Phi) is 3.18. The van der Waals surface area contributed by atoms with Crippen LogP contribution in [0, 0.1) is 12.8 Å². The molecule has 3 rings (SSSR count). The molecule has 0 bridgehead atoms. The molecule has 0 unspecified atom stereocenters. The van der Waals surface area contributed by atoms with Gasteiger partial charge >= 0.3 is 0 Å². The second kappa shape index (κ2) is 4.97. The zero-order chi connectivity index (χ0) is 12.4. The number of hydrogen-bond acceptors (Lipinski definition) is 2. The Morgan fingerprint density at radius 3 is 2.83 bits per heavy atom. The van der Waals surface area contributed by atoms with E-state index in [2.05, 4.69) is 47.6 Å². The topological polar surface area (TPSA) is 24.9 Å². The molecule has 0 radical (unpaired) electrons. The van der Waals surface area contributed by atoms with Gasteiger partial charge in [0.1, 0.15) is 0 Å². The first kappa shape index (κ1) is 11.5. The number of aromatic nitrogens is 1. The summed E-state index contributed by atoms with van der Waals surface area (Å²) in [5.41, 5.74) is 3.42. The zero-order valence-corrected chi connectivity index (χ0v) is 10.9. The third-order valence-electron chi connectivity index (χ3n) is 3.90. The second-order valence-corrected chi connectivity index (χ2v) is 5.36. The van der Waals surface area contributed by atoms with E-state index in [-0.39, 0.29) is 0 Å². The van der Waals surface area contributed by atoms with Crippen LogP contribution >= 0.6 is 0 Å². The number of hydrogen-bond donors (Lipinski definition) is 1. The van der Waals surface area contributed by atoms with Gasteiger partial charge in [0.15, 0.2) is 0 Å². The van der Waals surface area contributed by atoms with Crippen LogP contribution in [-0.2, 0) is 0 Å². The predicted octanol–water partition coefficient (Wildman–Crippen LogP) is 4.15. The number of pyridine rings is 1. The van der Waals surface area contributed by atoms with Crippen LogP contribution < -0.4 is 5.32 Å². The molecule has 2 aromatic rings. The average molecular weight is 240 g/mol. The summed E-state index contributed by atoms with van der Waals surface area (Å²) in [5.74, 6) is 0.859. The number of anilines is 1. The van der Waals surface area contributed by atoms with Crippen LogP contribution in [0.15, 0.2) is 30.3 Å². The quantitative estimate of drug-likeness (QED) is 0.872. The molecule has 0 atom stereocenters. The highest BCUT2D eigenvalue weighted by Crippen LogP contribution is 2.27. The van der Waals surface area contributed by atoms with Crippen molar-refractivity contribution in [3.63, 3.8) is 0 Å². The number of aryl methyl sites for hydroxylation is 1. The Morgan fingerprint density at radius 2 is 2.00 bits per heavy atom. The van der Waals surface area contributed by atoms with Gasteiger partial charge in [-0.05, 0) is 37.8 Å². The summed E-state index contributed by atoms with van der Waals surface area (Å²) < 4.78 is 0. The summed E-state index contributed by atoms with van der Waals surface area (Å²) in [6.45, 7) is 3.17. The lowest BCUT2D eigenvalue weighted by molar-refractivity contribution is 0.580. The minimum atomic E-state index is 0.859. The molecule has 1 heterocycles. The van der Waals surface area contributed by atoms with Crippen LogP contribution in [0.4, 0.5) is 5.69 Å². The number of nitrogens with one attached hydrogen (secondary N) is 1. The summed E-state index contributed by atoms with van der Waals surface area (Å²) in [7, 11) is 0. The standard InChI is InChI=1S/C16H20N2/c1-12-10-16(17-11-13-6-2-3-7-13)14-8-4-5-9-15(14)18-12/h4-5,8-10,13H,2-3,6-7,11H2,1H3,(H,17,18). The fourth-order valence-corrected chi connectivity index (χ4v) is 2.92. The van der Waals surface area contributed by atoms with Crippen molar-refractivity contribution in [2.45, 2.75) is 32.6 Å². The van der Waals surface area contributed by atoms with E-state index in [4.69, 9.17) is 0 Å². The van der Waals surface area contributed by atoms with Gasteiger partial charge in [0.05, 0.1) is 5.52 Å². The van der Waals surface area contributed by atoms with Crippen molar-refractivity contribution in [1.82, 2.24) is 4.98 Å². The van der Waals surface area contributed by atoms with Crippen LogP contribution in [0.2, 0.25) is 0 Å².